The van der Waals surface area contributed by atoms with Gasteiger partial charge in [0, 0.05) is 23.5 Å². The molecule has 20 heavy (non-hydrogen) atoms. The third kappa shape index (κ3) is 3.17. The topological polar surface area (TPSA) is 63.6 Å². The van der Waals surface area contributed by atoms with Crippen molar-refractivity contribution in [1.82, 2.24) is 0 Å². The predicted octanol–water partition coefficient (Wildman–Crippen LogP) is 1.79. The molecule has 0 spiro atoms. The van der Waals surface area contributed by atoms with Crippen molar-refractivity contribution in [3.63, 3.8) is 0 Å². The molecule has 0 fully saturated rings. The monoisotopic (exact) mass is 276 g/mol. The highest BCUT2D eigenvalue weighted by molar-refractivity contribution is 5.93. The molecule has 0 heterocycles. The van der Waals surface area contributed by atoms with Crippen molar-refractivity contribution in [2.45, 2.75) is 39.7 Å². The lowest BCUT2D eigenvalue weighted by atomic mass is 9.65. The Morgan fingerprint density at radius 3 is 2.60 bits per heavy atom. The minimum Gasteiger partial charge on any atom is -0.466 e. The van der Waals surface area contributed by atoms with Crippen LogP contribution in [0.15, 0.2) is 23.3 Å². The molecule has 0 amide bonds. The first-order valence-corrected chi connectivity index (χ1v) is 6.36. The van der Waals surface area contributed by atoms with Gasteiger partial charge < -0.3 is 9.84 Å². The molecule has 0 aliphatic heterocycles. The van der Waals surface area contributed by atoms with Crippen LogP contribution in [0.2, 0.25) is 0 Å². The number of aliphatic hydroxyl groups is 1. The summed E-state index contributed by atoms with van der Waals surface area (Å²) >= 11 is 0. The molecule has 108 valence electrons. The number of carbonyl (C=O) groups is 2. The van der Waals surface area contributed by atoms with E-state index in [1.54, 1.807) is 27.7 Å². The van der Waals surface area contributed by atoms with Crippen molar-refractivity contribution in [2.24, 2.45) is 5.41 Å². The highest BCUT2D eigenvalue weighted by atomic mass is 16.5. The summed E-state index contributed by atoms with van der Waals surface area (Å²) in [6.07, 6.45) is 2.92. The van der Waals surface area contributed by atoms with E-state index >= 15 is 0 Å². The third-order valence-electron chi connectivity index (χ3n) is 3.52. The summed E-state index contributed by atoms with van der Waals surface area (Å²) in [4.78, 5) is 22.7. The van der Waals surface area contributed by atoms with E-state index in [0.29, 0.717) is 11.1 Å². The van der Waals surface area contributed by atoms with Crippen molar-refractivity contribution < 1.29 is 19.4 Å². The number of rotatable bonds is 1. The molecule has 1 aliphatic carbocycles. The minimum atomic E-state index is -1.38. The predicted molar refractivity (Wildman–Crippen MR) is 75.7 cm³/mol. The van der Waals surface area contributed by atoms with Gasteiger partial charge in [0.2, 0.25) is 0 Å². The fourth-order valence-corrected chi connectivity index (χ4v) is 2.22. The lowest BCUT2D eigenvalue weighted by Gasteiger charge is -2.42. The van der Waals surface area contributed by atoms with Gasteiger partial charge in [0.25, 0.3) is 0 Å². The van der Waals surface area contributed by atoms with Gasteiger partial charge in [-0.25, -0.2) is 4.79 Å². The number of esters is 1. The van der Waals surface area contributed by atoms with Gasteiger partial charge in [0.1, 0.15) is 0 Å². The van der Waals surface area contributed by atoms with Gasteiger partial charge in [-0.1, -0.05) is 25.7 Å². The van der Waals surface area contributed by atoms with Crippen LogP contribution in [0.25, 0.3) is 0 Å². The standard InChI is InChI=1S/C16H20O4/c1-11(8-14(18)20-5)6-7-16(19)12(2)9-13(17)10-15(16,3)4/h8-9,19H,10H2,1-5H3/b11-8-/t16-/m1/s1. The van der Waals surface area contributed by atoms with Crippen molar-refractivity contribution in [2.75, 3.05) is 7.11 Å². The number of hydrogen-bond donors (Lipinski definition) is 1. The fraction of sp³-hybridized carbons (Fsp3) is 0.500. The Bertz CT molecular complexity index is 555. The number of ether oxygens (including phenoxy) is 1. The second-order valence-corrected chi connectivity index (χ2v) is 5.67. The molecule has 0 aromatic carbocycles. The van der Waals surface area contributed by atoms with Crippen molar-refractivity contribution in [3.05, 3.63) is 23.3 Å². The average molecular weight is 276 g/mol. The van der Waals surface area contributed by atoms with Crippen LogP contribution in [0.1, 0.15) is 34.1 Å². The second kappa shape index (κ2) is 5.64. The Hall–Kier alpha value is -1.86. The van der Waals surface area contributed by atoms with Crippen LogP contribution in [0.5, 0.6) is 0 Å². The van der Waals surface area contributed by atoms with Crippen LogP contribution in [0.4, 0.5) is 0 Å². The second-order valence-electron chi connectivity index (χ2n) is 5.67. The first-order valence-electron chi connectivity index (χ1n) is 6.36. The zero-order chi connectivity index (χ0) is 15.6. The summed E-state index contributed by atoms with van der Waals surface area (Å²) in [5.74, 6) is 5.06. The Morgan fingerprint density at radius 1 is 1.50 bits per heavy atom. The number of allylic oxidation sites excluding steroid dienone is 2. The lowest BCUT2D eigenvalue weighted by molar-refractivity contribution is -0.134. The molecule has 0 saturated carbocycles. The molecular formula is C16H20O4. The molecular weight excluding hydrogens is 256 g/mol. The highest BCUT2D eigenvalue weighted by Crippen LogP contribution is 2.42. The van der Waals surface area contributed by atoms with E-state index in [2.05, 4.69) is 16.6 Å². The first-order chi connectivity index (χ1) is 9.12. The largest absolute Gasteiger partial charge is 0.466 e. The van der Waals surface area contributed by atoms with Gasteiger partial charge in [-0.05, 0) is 25.5 Å². The van der Waals surface area contributed by atoms with E-state index in [1.165, 1.54) is 19.3 Å². The minimum absolute atomic E-state index is 0.0131. The molecule has 1 aliphatic rings. The molecule has 1 rings (SSSR count). The summed E-state index contributed by atoms with van der Waals surface area (Å²) in [5, 5.41) is 10.8. The summed E-state index contributed by atoms with van der Waals surface area (Å²) in [6.45, 7) is 6.95. The van der Waals surface area contributed by atoms with E-state index < -0.39 is 17.0 Å². The summed E-state index contributed by atoms with van der Waals surface area (Å²) < 4.78 is 4.51. The van der Waals surface area contributed by atoms with Crippen molar-refractivity contribution in [3.8, 4) is 11.8 Å². The third-order valence-corrected chi connectivity index (χ3v) is 3.52. The number of hydrogen-bond acceptors (Lipinski definition) is 4. The Labute approximate surface area is 119 Å². The van der Waals surface area contributed by atoms with Gasteiger partial charge in [0.05, 0.1) is 7.11 Å². The van der Waals surface area contributed by atoms with Crippen LogP contribution in [-0.4, -0.2) is 29.6 Å². The molecule has 0 unspecified atom stereocenters. The van der Waals surface area contributed by atoms with Crippen LogP contribution in [0.3, 0.4) is 0 Å². The highest BCUT2D eigenvalue weighted by Gasteiger charge is 2.47. The molecule has 0 saturated heterocycles. The smallest absolute Gasteiger partial charge is 0.331 e. The summed E-state index contributed by atoms with van der Waals surface area (Å²) in [7, 11) is 1.29. The van der Waals surface area contributed by atoms with E-state index in [-0.39, 0.29) is 12.2 Å². The maximum absolute atomic E-state index is 11.6. The zero-order valence-electron chi connectivity index (χ0n) is 12.5. The van der Waals surface area contributed by atoms with Crippen molar-refractivity contribution >= 4 is 11.8 Å². The number of carbonyl (C=O) groups excluding carboxylic acids is 2. The van der Waals surface area contributed by atoms with Gasteiger partial charge in [0.15, 0.2) is 11.4 Å². The van der Waals surface area contributed by atoms with Crippen molar-refractivity contribution in [1.29, 1.82) is 0 Å². The Kier molecular flexibility index (Phi) is 4.57. The normalized spacial score (nSPS) is 25.4. The lowest BCUT2D eigenvalue weighted by Crippen LogP contribution is -2.48. The summed E-state index contributed by atoms with van der Waals surface area (Å²) in [6, 6.07) is 0. The molecule has 0 aromatic heterocycles. The van der Waals surface area contributed by atoms with Crippen LogP contribution < -0.4 is 0 Å². The SMILES string of the molecule is COC(=O)/C=C(/C)C#C[C@@]1(O)C(C)=CC(=O)CC1(C)C. The molecule has 0 radical (unpaired) electrons. The maximum atomic E-state index is 11.6. The molecule has 4 heteroatoms. The number of methoxy groups -OCH3 is 1. The van der Waals surface area contributed by atoms with E-state index in [1.807, 2.05) is 0 Å². The van der Waals surface area contributed by atoms with E-state index in [9.17, 15) is 14.7 Å². The van der Waals surface area contributed by atoms with E-state index in [4.69, 9.17) is 0 Å². The quantitative estimate of drug-likeness (QED) is 0.450. The summed E-state index contributed by atoms with van der Waals surface area (Å²) in [5.41, 5.74) is -1.05. The van der Waals surface area contributed by atoms with Crippen LogP contribution in [-0.2, 0) is 14.3 Å². The van der Waals surface area contributed by atoms with Gasteiger partial charge in [-0.3, -0.25) is 4.79 Å². The molecule has 4 nitrogen and oxygen atoms in total. The molecule has 0 aromatic rings. The molecule has 1 N–H and O–H groups in total. The van der Waals surface area contributed by atoms with Crippen LogP contribution >= 0.6 is 0 Å². The maximum Gasteiger partial charge on any atom is 0.331 e. The Balaban J connectivity index is 3.18. The number of ketones is 1. The van der Waals surface area contributed by atoms with Crippen LogP contribution in [0, 0.1) is 17.3 Å². The molecule has 0 bridgehead atoms. The molecule has 1 atom stereocenters. The van der Waals surface area contributed by atoms with Gasteiger partial charge in [-0.2, -0.15) is 0 Å². The van der Waals surface area contributed by atoms with Gasteiger partial charge in [-0.15, -0.1) is 0 Å². The van der Waals surface area contributed by atoms with Gasteiger partial charge >= 0.3 is 5.97 Å². The fourth-order valence-electron chi connectivity index (χ4n) is 2.22. The average Bonchev–Trinajstić information content (AvgIpc) is 2.32. The zero-order valence-corrected chi connectivity index (χ0v) is 12.5. The van der Waals surface area contributed by atoms with E-state index in [0.717, 1.165) is 0 Å². The first kappa shape index (κ1) is 16.2. The Morgan fingerprint density at radius 2 is 2.10 bits per heavy atom.